The smallest absolute Gasteiger partial charge is 0.0557 e. The third-order valence-corrected chi connectivity index (χ3v) is 3.65. The summed E-state index contributed by atoms with van der Waals surface area (Å²) in [5.41, 5.74) is 0.316. The molecule has 0 N–H and O–H groups in total. The molecular formula is C15H29N. The highest BCUT2D eigenvalue weighted by molar-refractivity contribution is 5.70. The van der Waals surface area contributed by atoms with Gasteiger partial charge in [-0.1, -0.05) is 47.3 Å². The van der Waals surface area contributed by atoms with Gasteiger partial charge in [0.15, 0.2) is 0 Å². The summed E-state index contributed by atoms with van der Waals surface area (Å²) in [4.78, 5) is 4.56. The van der Waals surface area contributed by atoms with E-state index in [1.165, 1.54) is 0 Å². The number of hydrogen-bond donors (Lipinski definition) is 0. The maximum absolute atomic E-state index is 4.56. The van der Waals surface area contributed by atoms with Crippen LogP contribution in [0.3, 0.4) is 0 Å². The fraction of sp³-hybridized carbons (Fsp3) is 0.800. The van der Waals surface area contributed by atoms with Gasteiger partial charge in [-0.05, 0) is 37.5 Å². The lowest BCUT2D eigenvalue weighted by Crippen LogP contribution is -2.33. The average Bonchev–Trinajstić information content (AvgIpc) is 2.11. The molecule has 0 aliphatic rings. The van der Waals surface area contributed by atoms with Crippen molar-refractivity contribution in [3.63, 3.8) is 0 Å². The first kappa shape index (κ1) is 15.4. The Hall–Kier alpha value is -0.590. The first-order valence-corrected chi connectivity index (χ1v) is 6.28. The zero-order chi connectivity index (χ0) is 13.0. The average molecular weight is 223 g/mol. The van der Waals surface area contributed by atoms with Crippen LogP contribution in [0.15, 0.2) is 17.6 Å². The molecule has 1 nitrogen and oxygen atoms in total. The fourth-order valence-electron chi connectivity index (χ4n) is 2.48. The van der Waals surface area contributed by atoms with E-state index >= 15 is 0 Å². The highest BCUT2D eigenvalue weighted by atomic mass is 14.8. The van der Waals surface area contributed by atoms with Crippen LogP contribution in [0.1, 0.15) is 54.9 Å². The zero-order valence-corrected chi connectivity index (χ0v) is 12.2. The highest BCUT2D eigenvalue weighted by Gasteiger charge is 2.33. The van der Waals surface area contributed by atoms with E-state index in [0.29, 0.717) is 17.3 Å². The van der Waals surface area contributed by atoms with Crippen LogP contribution in [0.4, 0.5) is 0 Å². The van der Waals surface area contributed by atoms with Gasteiger partial charge in [0.1, 0.15) is 0 Å². The SMILES string of the molecule is C=CC=NC(C)(C)CC(C)(C)C(C)C(C)C. The van der Waals surface area contributed by atoms with E-state index in [0.717, 1.165) is 6.42 Å². The Morgan fingerprint density at radius 2 is 1.62 bits per heavy atom. The van der Waals surface area contributed by atoms with Crippen LogP contribution in [0.2, 0.25) is 0 Å². The third kappa shape index (κ3) is 4.96. The molecule has 0 bridgehead atoms. The lowest BCUT2D eigenvalue weighted by Gasteiger charge is -2.39. The molecule has 0 heterocycles. The van der Waals surface area contributed by atoms with E-state index in [-0.39, 0.29) is 5.54 Å². The van der Waals surface area contributed by atoms with Gasteiger partial charge in [-0.3, -0.25) is 4.99 Å². The first-order valence-electron chi connectivity index (χ1n) is 6.28. The maximum Gasteiger partial charge on any atom is 0.0557 e. The Morgan fingerprint density at radius 3 is 2.00 bits per heavy atom. The van der Waals surface area contributed by atoms with Gasteiger partial charge in [0.2, 0.25) is 0 Å². The molecule has 0 aliphatic carbocycles. The van der Waals surface area contributed by atoms with Crippen molar-refractivity contribution in [1.29, 1.82) is 0 Å². The molecule has 1 unspecified atom stereocenters. The second-order valence-corrected chi connectivity index (χ2v) is 6.52. The van der Waals surface area contributed by atoms with Gasteiger partial charge in [-0.2, -0.15) is 0 Å². The number of hydrogen-bond acceptors (Lipinski definition) is 1. The molecule has 0 aliphatic heterocycles. The third-order valence-electron chi connectivity index (χ3n) is 3.65. The van der Waals surface area contributed by atoms with E-state index in [4.69, 9.17) is 0 Å². The number of aliphatic imine (C=N–C) groups is 1. The predicted octanol–water partition coefficient (Wildman–Crippen LogP) is 4.73. The second-order valence-electron chi connectivity index (χ2n) is 6.52. The van der Waals surface area contributed by atoms with Crippen molar-refractivity contribution in [3.05, 3.63) is 12.7 Å². The molecule has 1 atom stereocenters. The van der Waals surface area contributed by atoms with Crippen molar-refractivity contribution >= 4 is 6.21 Å². The Labute approximate surface area is 102 Å². The summed E-state index contributed by atoms with van der Waals surface area (Å²) in [5.74, 6) is 1.42. The minimum absolute atomic E-state index is 0.000833. The van der Waals surface area contributed by atoms with Gasteiger partial charge in [0.25, 0.3) is 0 Å². The van der Waals surface area contributed by atoms with Crippen molar-refractivity contribution < 1.29 is 0 Å². The number of nitrogens with zero attached hydrogens (tertiary/aromatic N) is 1. The van der Waals surface area contributed by atoms with Crippen LogP contribution in [-0.4, -0.2) is 11.8 Å². The zero-order valence-electron chi connectivity index (χ0n) is 12.2. The molecular weight excluding hydrogens is 194 g/mol. The summed E-state index contributed by atoms with van der Waals surface area (Å²) < 4.78 is 0. The minimum atomic E-state index is 0.000833. The molecule has 1 heteroatoms. The summed E-state index contributed by atoms with van der Waals surface area (Å²) in [6, 6.07) is 0. The monoisotopic (exact) mass is 223 g/mol. The Bertz CT molecular complexity index is 246. The Kier molecular flexibility index (Phi) is 5.44. The first-order chi connectivity index (χ1) is 7.12. The fourth-order valence-corrected chi connectivity index (χ4v) is 2.48. The Morgan fingerprint density at radius 1 is 1.12 bits per heavy atom. The molecule has 94 valence electrons. The molecule has 0 rings (SSSR count). The van der Waals surface area contributed by atoms with Gasteiger partial charge < -0.3 is 0 Å². The van der Waals surface area contributed by atoms with Crippen molar-refractivity contribution in [2.45, 2.75) is 60.4 Å². The topological polar surface area (TPSA) is 12.4 Å². The number of allylic oxidation sites excluding steroid dienone is 1. The number of rotatable bonds is 6. The minimum Gasteiger partial charge on any atom is -0.287 e. The van der Waals surface area contributed by atoms with E-state index in [9.17, 15) is 0 Å². The molecule has 0 amide bonds. The van der Waals surface area contributed by atoms with Crippen molar-refractivity contribution in [1.82, 2.24) is 0 Å². The molecule has 0 aromatic rings. The highest BCUT2D eigenvalue weighted by Crippen LogP contribution is 2.40. The summed E-state index contributed by atoms with van der Waals surface area (Å²) in [6.45, 7) is 19.7. The summed E-state index contributed by atoms with van der Waals surface area (Å²) in [6.07, 6.45) is 4.67. The van der Waals surface area contributed by atoms with Gasteiger partial charge >= 0.3 is 0 Å². The normalized spacial score (nSPS) is 15.8. The lowest BCUT2D eigenvalue weighted by atomic mass is 9.68. The lowest BCUT2D eigenvalue weighted by molar-refractivity contribution is 0.132. The molecule has 0 aromatic heterocycles. The van der Waals surface area contributed by atoms with Crippen LogP contribution in [0.25, 0.3) is 0 Å². The maximum atomic E-state index is 4.56. The van der Waals surface area contributed by atoms with Crippen LogP contribution in [0.5, 0.6) is 0 Å². The molecule has 0 aromatic carbocycles. The van der Waals surface area contributed by atoms with Crippen molar-refractivity contribution in [3.8, 4) is 0 Å². The van der Waals surface area contributed by atoms with Crippen LogP contribution >= 0.6 is 0 Å². The molecule has 0 saturated heterocycles. The van der Waals surface area contributed by atoms with E-state index in [1.54, 1.807) is 6.08 Å². The van der Waals surface area contributed by atoms with Gasteiger partial charge in [0, 0.05) is 6.21 Å². The second kappa shape index (κ2) is 5.65. The molecule has 0 radical (unpaired) electrons. The van der Waals surface area contributed by atoms with Crippen molar-refractivity contribution in [2.24, 2.45) is 22.2 Å². The van der Waals surface area contributed by atoms with Crippen molar-refractivity contribution in [2.75, 3.05) is 0 Å². The van der Waals surface area contributed by atoms with Crippen LogP contribution in [0, 0.1) is 17.3 Å². The quantitative estimate of drug-likeness (QED) is 0.577. The van der Waals surface area contributed by atoms with E-state index in [1.807, 2.05) is 6.21 Å². The summed E-state index contributed by atoms with van der Waals surface area (Å²) >= 11 is 0. The van der Waals surface area contributed by atoms with Crippen LogP contribution < -0.4 is 0 Å². The van der Waals surface area contributed by atoms with E-state index < -0.39 is 0 Å². The predicted molar refractivity (Wildman–Crippen MR) is 75.2 cm³/mol. The van der Waals surface area contributed by atoms with Gasteiger partial charge in [0.05, 0.1) is 5.54 Å². The summed E-state index contributed by atoms with van der Waals surface area (Å²) in [5, 5.41) is 0. The molecule has 0 spiro atoms. The largest absolute Gasteiger partial charge is 0.287 e. The van der Waals surface area contributed by atoms with Crippen LogP contribution in [-0.2, 0) is 0 Å². The molecule has 0 fully saturated rings. The molecule has 0 saturated carbocycles. The Balaban J connectivity index is 4.68. The van der Waals surface area contributed by atoms with Gasteiger partial charge in [-0.15, -0.1) is 0 Å². The standard InChI is InChI=1S/C15H29N/c1-9-10-16-15(7,8)11-14(5,6)13(4)12(2)3/h9-10,12-13H,1,11H2,2-8H3. The summed E-state index contributed by atoms with van der Waals surface area (Å²) in [7, 11) is 0. The molecule has 16 heavy (non-hydrogen) atoms. The van der Waals surface area contributed by atoms with E-state index in [2.05, 4.69) is 60.0 Å². The van der Waals surface area contributed by atoms with Gasteiger partial charge in [-0.25, -0.2) is 0 Å².